The lowest BCUT2D eigenvalue weighted by atomic mass is 10.1. The zero-order valence-electron chi connectivity index (χ0n) is 9.13. The van der Waals surface area contributed by atoms with Crippen molar-refractivity contribution >= 4 is 5.69 Å². The van der Waals surface area contributed by atoms with Gasteiger partial charge in [0.05, 0.1) is 6.61 Å². The zero-order chi connectivity index (χ0) is 11.4. The van der Waals surface area contributed by atoms with Gasteiger partial charge in [-0.15, -0.1) is 0 Å². The highest BCUT2D eigenvalue weighted by Crippen LogP contribution is 2.21. The molecule has 0 aliphatic heterocycles. The fourth-order valence-electron chi connectivity index (χ4n) is 1.54. The molecule has 15 heavy (non-hydrogen) atoms. The smallest absolute Gasteiger partial charge is 0.123 e. The van der Waals surface area contributed by atoms with E-state index in [2.05, 4.69) is 6.58 Å². The summed E-state index contributed by atoms with van der Waals surface area (Å²) in [7, 11) is 1.89. The van der Waals surface area contributed by atoms with Gasteiger partial charge in [-0.1, -0.05) is 12.2 Å². The van der Waals surface area contributed by atoms with Crippen molar-refractivity contribution in [3.8, 4) is 0 Å². The Balaban J connectivity index is 2.97. The van der Waals surface area contributed by atoms with E-state index in [4.69, 9.17) is 5.11 Å². The summed E-state index contributed by atoms with van der Waals surface area (Å²) in [6.07, 6.45) is 0. The highest BCUT2D eigenvalue weighted by molar-refractivity contribution is 5.53. The van der Waals surface area contributed by atoms with Crippen LogP contribution in [0.2, 0.25) is 0 Å². The minimum Gasteiger partial charge on any atom is -0.392 e. The standard InChI is InChI=1S/C12H16FNO/c1-9(2)7-14(3)12-5-4-11(13)6-10(12)8-15/h4-6,15H,1,7-8H2,2-3H3. The van der Waals surface area contributed by atoms with Gasteiger partial charge in [-0.2, -0.15) is 0 Å². The number of aliphatic hydroxyl groups excluding tert-OH is 1. The molecule has 0 aromatic heterocycles. The molecule has 0 atom stereocenters. The van der Waals surface area contributed by atoms with Gasteiger partial charge in [0.25, 0.3) is 0 Å². The van der Waals surface area contributed by atoms with Crippen LogP contribution in [0, 0.1) is 5.82 Å². The minimum atomic E-state index is -0.327. The van der Waals surface area contributed by atoms with Gasteiger partial charge >= 0.3 is 0 Å². The molecule has 0 aliphatic rings. The lowest BCUT2D eigenvalue weighted by Gasteiger charge is -2.22. The van der Waals surface area contributed by atoms with E-state index in [-0.39, 0.29) is 12.4 Å². The largest absolute Gasteiger partial charge is 0.392 e. The SMILES string of the molecule is C=C(C)CN(C)c1ccc(F)cc1CO. The zero-order valence-corrected chi connectivity index (χ0v) is 9.13. The Labute approximate surface area is 89.7 Å². The van der Waals surface area contributed by atoms with E-state index in [9.17, 15) is 4.39 Å². The van der Waals surface area contributed by atoms with E-state index in [0.29, 0.717) is 12.1 Å². The predicted octanol–water partition coefficient (Wildman–Crippen LogP) is 2.33. The van der Waals surface area contributed by atoms with Crippen LogP contribution in [0.4, 0.5) is 10.1 Å². The van der Waals surface area contributed by atoms with Crippen molar-refractivity contribution in [2.24, 2.45) is 0 Å². The van der Waals surface area contributed by atoms with Crippen molar-refractivity contribution in [3.63, 3.8) is 0 Å². The molecule has 2 nitrogen and oxygen atoms in total. The first kappa shape index (κ1) is 11.7. The first-order valence-electron chi connectivity index (χ1n) is 4.79. The summed E-state index contributed by atoms with van der Waals surface area (Å²) in [4.78, 5) is 1.94. The molecule has 0 heterocycles. The molecule has 3 heteroatoms. The van der Waals surface area contributed by atoms with Gasteiger partial charge in [0.15, 0.2) is 0 Å². The number of benzene rings is 1. The summed E-state index contributed by atoms with van der Waals surface area (Å²) in [5.41, 5.74) is 2.45. The van der Waals surface area contributed by atoms with Crippen LogP contribution in [0.3, 0.4) is 0 Å². The number of nitrogens with zero attached hydrogens (tertiary/aromatic N) is 1. The highest BCUT2D eigenvalue weighted by Gasteiger charge is 2.07. The van der Waals surface area contributed by atoms with Crippen molar-refractivity contribution in [1.29, 1.82) is 0 Å². The summed E-state index contributed by atoms with van der Waals surface area (Å²) in [6.45, 7) is 6.28. The second-order valence-electron chi connectivity index (χ2n) is 3.74. The van der Waals surface area contributed by atoms with Crippen molar-refractivity contribution < 1.29 is 9.50 Å². The second kappa shape index (κ2) is 4.94. The van der Waals surface area contributed by atoms with Crippen LogP contribution in [0.25, 0.3) is 0 Å². The van der Waals surface area contributed by atoms with Crippen LogP contribution in [-0.2, 0) is 6.61 Å². The number of anilines is 1. The molecule has 0 bridgehead atoms. The normalized spacial score (nSPS) is 10.1. The fourth-order valence-corrected chi connectivity index (χ4v) is 1.54. The van der Waals surface area contributed by atoms with Crippen LogP contribution in [0.5, 0.6) is 0 Å². The number of rotatable bonds is 4. The number of halogens is 1. The van der Waals surface area contributed by atoms with Crippen molar-refractivity contribution in [3.05, 3.63) is 41.7 Å². The quantitative estimate of drug-likeness (QED) is 0.769. The Morgan fingerprint density at radius 3 is 2.73 bits per heavy atom. The molecule has 0 saturated carbocycles. The first-order chi connectivity index (χ1) is 7.04. The van der Waals surface area contributed by atoms with E-state index in [1.165, 1.54) is 12.1 Å². The van der Waals surface area contributed by atoms with Crippen LogP contribution < -0.4 is 4.90 Å². The molecule has 1 N–H and O–H groups in total. The van der Waals surface area contributed by atoms with Gasteiger partial charge in [-0.05, 0) is 25.1 Å². The fraction of sp³-hybridized carbons (Fsp3) is 0.333. The average molecular weight is 209 g/mol. The Morgan fingerprint density at radius 1 is 1.53 bits per heavy atom. The van der Waals surface area contributed by atoms with Gasteiger partial charge in [0.2, 0.25) is 0 Å². The first-order valence-corrected chi connectivity index (χ1v) is 4.79. The molecule has 1 aromatic rings. The highest BCUT2D eigenvalue weighted by atomic mass is 19.1. The van der Waals surface area contributed by atoms with Crippen LogP contribution in [0.15, 0.2) is 30.4 Å². The van der Waals surface area contributed by atoms with Gasteiger partial charge in [0, 0.05) is 24.8 Å². The molecule has 0 radical (unpaired) electrons. The predicted molar refractivity (Wildman–Crippen MR) is 60.4 cm³/mol. The summed E-state index contributed by atoms with van der Waals surface area (Å²) in [5, 5.41) is 9.11. The lowest BCUT2D eigenvalue weighted by Crippen LogP contribution is -2.20. The number of aliphatic hydroxyl groups is 1. The van der Waals surface area contributed by atoms with E-state index in [1.807, 2.05) is 18.9 Å². The van der Waals surface area contributed by atoms with E-state index in [0.717, 1.165) is 11.3 Å². The molecule has 0 unspecified atom stereocenters. The van der Waals surface area contributed by atoms with Crippen LogP contribution in [-0.4, -0.2) is 18.7 Å². The third-order valence-electron chi connectivity index (χ3n) is 2.13. The maximum absolute atomic E-state index is 12.9. The van der Waals surface area contributed by atoms with Crippen LogP contribution >= 0.6 is 0 Å². The minimum absolute atomic E-state index is 0.159. The molecule has 1 aromatic carbocycles. The van der Waals surface area contributed by atoms with Gasteiger partial charge < -0.3 is 10.0 Å². The van der Waals surface area contributed by atoms with Gasteiger partial charge in [-0.3, -0.25) is 0 Å². The molecule has 0 amide bonds. The Kier molecular flexibility index (Phi) is 3.86. The van der Waals surface area contributed by atoms with E-state index < -0.39 is 0 Å². The molecule has 82 valence electrons. The third-order valence-corrected chi connectivity index (χ3v) is 2.13. The summed E-state index contributed by atoms with van der Waals surface area (Å²) < 4.78 is 12.9. The number of hydrogen-bond acceptors (Lipinski definition) is 2. The Hall–Kier alpha value is -1.35. The summed E-state index contributed by atoms with van der Waals surface area (Å²) >= 11 is 0. The van der Waals surface area contributed by atoms with Crippen molar-refractivity contribution in [1.82, 2.24) is 0 Å². The number of hydrogen-bond donors (Lipinski definition) is 1. The maximum Gasteiger partial charge on any atom is 0.123 e. The molecular weight excluding hydrogens is 193 g/mol. The number of likely N-dealkylation sites (N-methyl/N-ethyl adjacent to an activating group) is 1. The van der Waals surface area contributed by atoms with Crippen molar-refractivity contribution in [2.45, 2.75) is 13.5 Å². The van der Waals surface area contributed by atoms with E-state index >= 15 is 0 Å². The van der Waals surface area contributed by atoms with Gasteiger partial charge in [-0.25, -0.2) is 4.39 Å². The Morgan fingerprint density at radius 2 is 2.20 bits per heavy atom. The third kappa shape index (κ3) is 3.06. The summed E-state index contributed by atoms with van der Waals surface area (Å²) in [6, 6.07) is 4.41. The van der Waals surface area contributed by atoms with E-state index in [1.54, 1.807) is 6.07 Å². The molecule has 0 spiro atoms. The molecule has 1 rings (SSSR count). The maximum atomic E-state index is 12.9. The van der Waals surface area contributed by atoms with Gasteiger partial charge in [0.1, 0.15) is 5.82 Å². The Bertz CT molecular complexity index is 363. The average Bonchev–Trinajstić information content (AvgIpc) is 2.16. The molecule has 0 aliphatic carbocycles. The van der Waals surface area contributed by atoms with Crippen LogP contribution in [0.1, 0.15) is 12.5 Å². The summed E-state index contributed by atoms with van der Waals surface area (Å²) in [5.74, 6) is -0.327. The molecule has 0 fully saturated rings. The lowest BCUT2D eigenvalue weighted by molar-refractivity contribution is 0.281. The van der Waals surface area contributed by atoms with Crippen molar-refractivity contribution in [2.75, 3.05) is 18.5 Å². The topological polar surface area (TPSA) is 23.5 Å². The molecule has 0 saturated heterocycles. The molecular formula is C12H16FNO. The monoisotopic (exact) mass is 209 g/mol. The second-order valence-corrected chi connectivity index (χ2v) is 3.74.